The predicted octanol–water partition coefficient (Wildman–Crippen LogP) is 2.32. The Morgan fingerprint density at radius 1 is 1.53 bits per heavy atom. The fourth-order valence-electron chi connectivity index (χ4n) is 2.89. The molecule has 1 aromatic carbocycles. The summed E-state index contributed by atoms with van der Waals surface area (Å²) in [6.07, 6.45) is 1.73. The lowest BCUT2D eigenvalue weighted by Gasteiger charge is -2.44. The lowest BCUT2D eigenvalue weighted by atomic mass is 9.62. The zero-order valence-electron chi connectivity index (χ0n) is 11.8. The summed E-state index contributed by atoms with van der Waals surface area (Å²) in [7, 11) is 1.60. The summed E-state index contributed by atoms with van der Waals surface area (Å²) < 4.78 is 5.27. The van der Waals surface area contributed by atoms with Gasteiger partial charge in [-0.25, -0.2) is 0 Å². The van der Waals surface area contributed by atoms with Gasteiger partial charge in [-0.1, -0.05) is 13.0 Å². The first-order chi connectivity index (χ1) is 9.00. The largest absolute Gasteiger partial charge is 0.495 e. The minimum Gasteiger partial charge on any atom is -0.495 e. The van der Waals surface area contributed by atoms with Gasteiger partial charge in [0.25, 0.3) is 0 Å². The molecular weight excluding hydrogens is 240 g/mol. The van der Waals surface area contributed by atoms with Gasteiger partial charge in [0, 0.05) is 6.54 Å². The van der Waals surface area contributed by atoms with Gasteiger partial charge in [0.2, 0.25) is 5.91 Å². The number of nitrogens with two attached hydrogens (primary N) is 1. The zero-order chi connectivity index (χ0) is 14.0. The summed E-state index contributed by atoms with van der Waals surface area (Å²) in [4.78, 5) is 12.4. The van der Waals surface area contributed by atoms with E-state index in [-0.39, 0.29) is 5.91 Å². The standard InChI is InChI=1S/C15H22N2O2/c1-10-4-5-13(19-3)12(6-10)17-14(18)15(9-16)7-11(2)8-15/h4-6,11H,7-9,16H2,1-3H3,(H,17,18). The molecule has 4 heteroatoms. The molecule has 0 saturated heterocycles. The van der Waals surface area contributed by atoms with Gasteiger partial charge in [-0.15, -0.1) is 0 Å². The first-order valence-electron chi connectivity index (χ1n) is 6.67. The Bertz CT molecular complexity index is 479. The van der Waals surface area contributed by atoms with Crippen LogP contribution >= 0.6 is 0 Å². The molecule has 1 amide bonds. The van der Waals surface area contributed by atoms with E-state index in [4.69, 9.17) is 10.5 Å². The van der Waals surface area contributed by atoms with E-state index in [9.17, 15) is 4.79 Å². The van der Waals surface area contributed by atoms with Gasteiger partial charge in [0.1, 0.15) is 5.75 Å². The molecule has 0 atom stereocenters. The highest BCUT2D eigenvalue weighted by Crippen LogP contribution is 2.45. The molecule has 1 aliphatic carbocycles. The Hall–Kier alpha value is -1.55. The average molecular weight is 262 g/mol. The molecule has 4 nitrogen and oxygen atoms in total. The van der Waals surface area contributed by atoms with Gasteiger partial charge < -0.3 is 15.8 Å². The monoisotopic (exact) mass is 262 g/mol. The van der Waals surface area contributed by atoms with Crippen LogP contribution in [0.3, 0.4) is 0 Å². The van der Waals surface area contributed by atoms with E-state index in [2.05, 4.69) is 12.2 Å². The van der Waals surface area contributed by atoms with Gasteiger partial charge in [-0.3, -0.25) is 4.79 Å². The molecule has 0 bridgehead atoms. The van der Waals surface area contributed by atoms with Gasteiger partial charge >= 0.3 is 0 Å². The average Bonchev–Trinajstić information content (AvgIpc) is 2.35. The zero-order valence-corrected chi connectivity index (χ0v) is 11.8. The number of hydrogen-bond donors (Lipinski definition) is 2. The second kappa shape index (κ2) is 5.21. The minimum absolute atomic E-state index is 0.0111. The first-order valence-corrected chi connectivity index (χ1v) is 6.67. The third-order valence-corrected chi connectivity index (χ3v) is 3.95. The Morgan fingerprint density at radius 3 is 2.74 bits per heavy atom. The van der Waals surface area contributed by atoms with E-state index in [0.717, 1.165) is 24.1 Å². The fraction of sp³-hybridized carbons (Fsp3) is 0.533. The quantitative estimate of drug-likeness (QED) is 0.875. The van der Waals surface area contributed by atoms with Gasteiger partial charge in [0.15, 0.2) is 0 Å². The van der Waals surface area contributed by atoms with Gasteiger partial charge in [-0.2, -0.15) is 0 Å². The summed E-state index contributed by atoms with van der Waals surface area (Å²) in [6.45, 7) is 4.53. The van der Waals surface area contributed by atoms with Crippen LogP contribution in [0.1, 0.15) is 25.3 Å². The number of ether oxygens (including phenoxy) is 1. The van der Waals surface area contributed by atoms with Crippen molar-refractivity contribution in [2.45, 2.75) is 26.7 Å². The number of benzene rings is 1. The molecule has 19 heavy (non-hydrogen) atoms. The fourth-order valence-corrected chi connectivity index (χ4v) is 2.89. The number of anilines is 1. The third kappa shape index (κ3) is 2.59. The van der Waals surface area contributed by atoms with E-state index in [1.807, 2.05) is 25.1 Å². The number of hydrogen-bond acceptors (Lipinski definition) is 3. The molecule has 0 aromatic heterocycles. The van der Waals surface area contributed by atoms with Crippen molar-refractivity contribution in [1.29, 1.82) is 0 Å². The van der Waals surface area contributed by atoms with Crippen molar-refractivity contribution >= 4 is 11.6 Å². The molecule has 0 spiro atoms. The maximum atomic E-state index is 12.4. The first kappa shape index (κ1) is 13.9. The molecule has 1 aliphatic rings. The summed E-state index contributed by atoms with van der Waals surface area (Å²) in [5.41, 5.74) is 7.20. The number of carbonyl (C=O) groups is 1. The number of rotatable bonds is 4. The lowest BCUT2D eigenvalue weighted by molar-refractivity contribution is -0.132. The van der Waals surface area contributed by atoms with Crippen LogP contribution in [0.15, 0.2) is 18.2 Å². The maximum Gasteiger partial charge on any atom is 0.231 e. The maximum absolute atomic E-state index is 12.4. The predicted molar refractivity (Wildman–Crippen MR) is 76.2 cm³/mol. The number of methoxy groups -OCH3 is 1. The van der Waals surface area contributed by atoms with Crippen LogP contribution in [0.4, 0.5) is 5.69 Å². The van der Waals surface area contributed by atoms with Crippen LogP contribution in [0, 0.1) is 18.3 Å². The number of carbonyl (C=O) groups excluding carboxylic acids is 1. The second-order valence-electron chi connectivity index (χ2n) is 5.66. The van der Waals surface area contributed by atoms with Crippen LogP contribution in [0.2, 0.25) is 0 Å². The summed E-state index contributed by atoms with van der Waals surface area (Å²) in [6, 6.07) is 5.74. The molecule has 3 N–H and O–H groups in total. The molecule has 1 fully saturated rings. The third-order valence-electron chi connectivity index (χ3n) is 3.95. The molecule has 1 aromatic rings. The number of nitrogens with one attached hydrogen (secondary N) is 1. The van der Waals surface area contributed by atoms with Crippen LogP contribution in [0.25, 0.3) is 0 Å². The molecule has 104 valence electrons. The second-order valence-corrected chi connectivity index (χ2v) is 5.66. The number of amides is 1. The van der Waals surface area contributed by atoms with E-state index in [1.54, 1.807) is 7.11 Å². The van der Waals surface area contributed by atoms with Crippen molar-refractivity contribution in [1.82, 2.24) is 0 Å². The topological polar surface area (TPSA) is 64.3 Å². The Kier molecular flexibility index (Phi) is 3.80. The van der Waals surface area contributed by atoms with E-state index in [1.165, 1.54) is 0 Å². The van der Waals surface area contributed by atoms with E-state index >= 15 is 0 Å². The van der Waals surface area contributed by atoms with Gasteiger partial charge in [-0.05, 0) is 43.4 Å². The highest BCUT2D eigenvalue weighted by atomic mass is 16.5. The summed E-state index contributed by atoms with van der Waals surface area (Å²) >= 11 is 0. The smallest absolute Gasteiger partial charge is 0.231 e. The van der Waals surface area contributed by atoms with Crippen LogP contribution in [-0.2, 0) is 4.79 Å². The van der Waals surface area contributed by atoms with Crippen molar-refractivity contribution in [3.8, 4) is 5.75 Å². The molecule has 0 aliphatic heterocycles. The normalized spacial score (nSPS) is 25.6. The molecular formula is C15H22N2O2. The van der Waals surface area contributed by atoms with Crippen molar-refractivity contribution in [3.05, 3.63) is 23.8 Å². The summed E-state index contributed by atoms with van der Waals surface area (Å²) in [5.74, 6) is 1.27. The molecule has 0 heterocycles. The molecule has 2 rings (SSSR count). The van der Waals surface area contributed by atoms with Crippen LogP contribution in [-0.4, -0.2) is 19.6 Å². The van der Waals surface area contributed by atoms with E-state index < -0.39 is 5.41 Å². The van der Waals surface area contributed by atoms with Crippen molar-refractivity contribution < 1.29 is 9.53 Å². The Morgan fingerprint density at radius 2 is 2.21 bits per heavy atom. The van der Waals surface area contributed by atoms with Crippen LogP contribution < -0.4 is 15.8 Å². The van der Waals surface area contributed by atoms with Crippen molar-refractivity contribution in [2.24, 2.45) is 17.1 Å². The Labute approximate surface area is 114 Å². The summed E-state index contributed by atoms with van der Waals surface area (Å²) in [5, 5.41) is 2.97. The van der Waals surface area contributed by atoms with Crippen molar-refractivity contribution in [2.75, 3.05) is 19.0 Å². The van der Waals surface area contributed by atoms with Crippen LogP contribution in [0.5, 0.6) is 5.75 Å². The molecule has 0 unspecified atom stereocenters. The van der Waals surface area contributed by atoms with E-state index in [0.29, 0.717) is 18.2 Å². The highest BCUT2D eigenvalue weighted by Gasteiger charge is 2.47. The molecule has 1 saturated carbocycles. The lowest BCUT2D eigenvalue weighted by Crippen LogP contribution is -2.51. The number of aryl methyl sites for hydroxylation is 1. The SMILES string of the molecule is COc1ccc(C)cc1NC(=O)C1(CN)CC(C)C1. The minimum atomic E-state index is -0.395. The Balaban J connectivity index is 2.17. The van der Waals surface area contributed by atoms with Crippen molar-refractivity contribution in [3.63, 3.8) is 0 Å². The highest BCUT2D eigenvalue weighted by molar-refractivity contribution is 5.97. The molecule has 0 radical (unpaired) electrons. The van der Waals surface area contributed by atoms with Gasteiger partial charge in [0.05, 0.1) is 18.2 Å².